The van der Waals surface area contributed by atoms with Gasteiger partial charge in [0.1, 0.15) is 15.7 Å². The molecule has 2 heterocycles. The summed E-state index contributed by atoms with van der Waals surface area (Å²) in [6.07, 6.45) is 11.7. The number of thiophene rings is 1. The Balaban J connectivity index is 1.39. The van der Waals surface area contributed by atoms with Crippen LogP contribution < -0.4 is 0 Å². The number of amides is 1. The van der Waals surface area contributed by atoms with Crippen molar-refractivity contribution in [2.75, 3.05) is 5.75 Å². The predicted molar refractivity (Wildman–Crippen MR) is 146 cm³/mol. The van der Waals surface area contributed by atoms with E-state index < -0.39 is 0 Å². The third kappa shape index (κ3) is 4.24. The van der Waals surface area contributed by atoms with Crippen LogP contribution in [0.15, 0.2) is 5.03 Å². The Kier molecular flexibility index (Phi) is 6.23. The van der Waals surface area contributed by atoms with Crippen molar-refractivity contribution in [1.82, 2.24) is 14.9 Å². The number of fused-ring (bicyclic) bond motifs is 3. The highest BCUT2D eigenvalue weighted by Crippen LogP contribution is 2.60. The molecule has 0 N–H and O–H groups in total. The van der Waals surface area contributed by atoms with Gasteiger partial charge in [-0.1, -0.05) is 18.7 Å². The molecule has 2 aromatic rings. The maximum Gasteiger partial charge on any atom is 0.233 e. The summed E-state index contributed by atoms with van der Waals surface area (Å²) in [5.74, 6) is 5.18. The zero-order valence-corrected chi connectivity index (χ0v) is 23.7. The van der Waals surface area contributed by atoms with Crippen LogP contribution in [0, 0.1) is 23.7 Å². The quantitative estimate of drug-likeness (QED) is 0.309. The number of nitrogens with zero attached hydrogens (tertiary/aromatic N) is 3. The molecule has 4 saturated carbocycles. The van der Waals surface area contributed by atoms with Crippen molar-refractivity contribution in [1.29, 1.82) is 0 Å². The normalized spacial score (nSPS) is 31.5. The molecule has 7 rings (SSSR count). The van der Waals surface area contributed by atoms with E-state index >= 15 is 0 Å². The van der Waals surface area contributed by atoms with Crippen LogP contribution in [-0.4, -0.2) is 38.6 Å². The molecule has 0 aliphatic heterocycles. The Morgan fingerprint density at radius 3 is 2.29 bits per heavy atom. The highest BCUT2D eigenvalue weighted by molar-refractivity contribution is 8.00. The Morgan fingerprint density at radius 1 is 1.06 bits per heavy atom. The third-order valence-electron chi connectivity index (χ3n) is 9.37. The molecule has 1 unspecified atom stereocenters. The van der Waals surface area contributed by atoms with Crippen LogP contribution in [0.3, 0.4) is 0 Å². The maximum atomic E-state index is 13.3. The first-order valence-corrected chi connectivity index (χ1v) is 15.8. The van der Waals surface area contributed by atoms with Crippen LogP contribution in [0.25, 0.3) is 10.2 Å². The van der Waals surface area contributed by atoms with E-state index in [0.29, 0.717) is 5.75 Å². The molecule has 5 aliphatic carbocycles. The molecule has 2 aromatic heterocycles. The van der Waals surface area contributed by atoms with E-state index in [1.807, 2.05) is 16.2 Å². The van der Waals surface area contributed by atoms with Gasteiger partial charge in [0.25, 0.3) is 0 Å². The smallest absolute Gasteiger partial charge is 0.233 e. The van der Waals surface area contributed by atoms with E-state index in [9.17, 15) is 4.79 Å². The molecule has 0 aromatic carbocycles. The molecule has 1 atom stereocenters. The second-order valence-corrected chi connectivity index (χ2v) is 14.9. The number of carbonyl (C=O) groups excluding carboxylic acids is 1. The molecule has 4 nitrogen and oxygen atoms in total. The minimum atomic E-state index is 0.182. The summed E-state index contributed by atoms with van der Waals surface area (Å²) < 4.78 is 0. The molecule has 35 heavy (non-hydrogen) atoms. The van der Waals surface area contributed by atoms with Crippen LogP contribution in [0.2, 0.25) is 0 Å². The lowest BCUT2D eigenvalue weighted by atomic mass is 9.49. The van der Waals surface area contributed by atoms with E-state index in [0.717, 1.165) is 40.9 Å². The van der Waals surface area contributed by atoms with Gasteiger partial charge in [-0.2, -0.15) is 0 Å². The van der Waals surface area contributed by atoms with Gasteiger partial charge in [-0.15, -0.1) is 11.3 Å². The van der Waals surface area contributed by atoms with Gasteiger partial charge in [-0.3, -0.25) is 4.79 Å². The van der Waals surface area contributed by atoms with Crippen molar-refractivity contribution in [2.45, 2.75) is 115 Å². The summed E-state index contributed by atoms with van der Waals surface area (Å²) in [5.41, 5.74) is 1.67. The predicted octanol–water partition coefficient (Wildman–Crippen LogP) is 7.02. The fraction of sp³-hybridized carbons (Fsp3) is 0.759. The first-order chi connectivity index (χ1) is 16.7. The van der Waals surface area contributed by atoms with E-state index in [2.05, 4.69) is 34.6 Å². The molecule has 4 fully saturated rings. The molecule has 190 valence electrons. The summed E-state index contributed by atoms with van der Waals surface area (Å²) in [6.45, 7) is 10.8. The third-order valence-corrected chi connectivity index (χ3v) is 11.5. The number of hydrogen-bond acceptors (Lipinski definition) is 5. The van der Waals surface area contributed by atoms with E-state index in [1.54, 1.807) is 11.8 Å². The van der Waals surface area contributed by atoms with Crippen LogP contribution in [0.1, 0.15) is 95.8 Å². The topological polar surface area (TPSA) is 46.1 Å². The standard InChI is InChI=1S/C29H41N3OS2/c1-16(2)32(17(3)4)24(33)15-34-26-25-22-7-6-18(5)8-23(22)35-27(25)31-28(30-26)29-12-19-9-20(13-29)11-21(10-19)14-29/h16-21H,6-15H2,1-5H3. The zero-order valence-electron chi connectivity index (χ0n) is 22.1. The molecule has 5 aliphatic rings. The Hall–Kier alpha value is -1.14. The highest BCUT2D eigenvalue weighted by atomic mass is 32.2. The number of carbonyl (C=O) groups is 1. The average molecular weight is 512 g/mol. The summed E-state index contributed by atoms with van der Waals surface area (Å²) >= 11 is 3.61. The fourth-order valence-electron chi connectivity index (χ4n) is 8.41. The first kappa shape index (κ1) is 24.2. The lowest BCUT2D eigenvalue weighted by Gasteiger charge is -2.56. The van der Waals surface area contributed by atoms with Gasteiger partial charge >= 0.3 is 0 Å². The highest BCUT2D eigenvalue weighted by Gasteiger charge is 2.53. The minimum absolute atomic E-state index is 0.182. The zero-order chi connectivity index (χ0) is 24.5. The lowest BCUT2D eigenvalue weighted by molar-refractivity contribution is -0.131. The monoisotopic (exact) mass is 511 g/mol. The van der Waals surface area contributed by atoms with Crippen LogP contribution in [-0.2, 0) is 23.1 Å². The number of thioether (sulfide) groups is 1. The molecule has 6 heteroatoms. The Labute approximate surface area is 219 Å². The SMILES string of the molecule is CC1CCc2c(sc3nc(C45CC6CC(CC(C6)C4)C5)nc(SCC(=O)N(C(C)C)C(C)C)c23)C1. The Morgan fingerprint density at radius 2 is 1.69 bits per heavy atom. The summed E-state index contributed by atoms with van der Waals surface area (Å²) in [4.78, 5) is 28.8. The first-order valence-electron chi connectivity index (χ1n) is 14.0. The lowest BCUT2D eigenvalue weighted by Crippen LogP contribution is -2.49. The van der Waals surface area contributed by atoms with Crippen LogP contribution >= 0.6 is 23.1 Å². The van der Waals surface area contributed by atoms with Gasteiger partial charge in [0, 0.05) is 27.8 Å². The van der Waals surface area contributed by atoms with Gasteiger partial charge in [-0.25, -0.2) is 9.97 Å². The van der Waals surface area contributed by atoms with Crippen molar-refractivity contribution < 1.29 is 4.79 Å². The number of rotatable bonds is 6. The largest absolute Gasteiger partial charge is 0.337 e. The number of aryl methyl sites for hydroxylation is 1. The number of hydrogen-bond donors (Lipinski definition) is 0. The van der Waals surface area contributed by atoms with Crippen molar-refractivity contribution in [2.24, 2.45) is 23.7 Å². The van der Waals surface area contributed by atoms with E-state index in [1.165, 1.54) is 72.0 Å². The molecular weight excluding hydrogens is 470 g/mol. The van der Waals surface area contributed by atoms with Crippen molar-refractivity contribution in [3.8, 4) is 0 Å². The van der Waals surface area contributed by atoms with Gasteiger partial charge in [0.05, 0.1) is 5.75 Å². The molecule has 0 spiro atoms. The second-order valence-electron chi connectivity index (χ2n) is 12.9. The average Bonchev–Trinajstić information content (AvgIpc) is 3.13. The van der Waals surface area contributed by atoms with Crippen LogP contribution in [0.4, 0.5) is 0 Å². The molecular formula is C29H41N3OS2. The number of aromatic nitrogens is 2. The summed E-state index contributed by atoms with van der Waals surface area (Å²) in [6, 6.07) is 0.429. The molecule has 1 amide bonds. The van der Waals surface area contributed by atoms with Gasteiger partial charge in [0.15, 0.2) is 0 Å². The molecule has 4 bridgehead atoms. The molecule has 0 radical (unpaired) electrons. The van der Waals surface area contributed by atoms with Crippen molar-refractivity contribution in [3.05, 3.63) is 16.3 Å². The molecule has 0 saturated heterocycles. The van der Waals surface area contributed by atoms with Gasteiger partial charge in [-0.05, 0) is 115 Å². The fourth-order valence-corrected chi connectivity index (χ4v) is 10.8. The van der Waals surface area contributed by atoms with Crippen molar-refractivity contribution in [3.63, 3.8) is 0 Å². The van der Waals surface area contributed by atoms with E-state index in [-0.39, 0.29) is 23.4 Å². The second kappa shape index (κ2) is 9.01. The van der Waals surface area contributed by atoms with E-state index in [4.69, 9.17) is 9.97 Å². The van der Waals surface area contributed by atoms with Gasteiger partial charge < -0.3 is 4.90 Å². The minimum Gasteiger partial charge on any atom is -0.337 e. The maximum absolute atomic E-state index is 13.3. The Bertz CT molecular complexity index is 1090. The van der Waals surface area contributed by atoms with Crippen molar-refractivity contribution >= 4 is 39.2 Å². The summed E-state index contributed by atoms with van der Waals surface area (Å²) in [7, 11) is 0. The van der Waals surface area contributed by atoms with Gasteiger partial charge in [0.2, 0.25) is 5.91 Å². The summed E-state index contributed by atoms with van der Waals surface area (Å²) in [5, 5.41) is 2.37. The van der Waals surface area contributed by atoms with Crippen LogP contribution in [0.5, 0.6) is 0 Å².